The Bertz CT molecular complexity index is 1150. The Balaban J connectivity index is 2.06. The molecule has 3 aromatic rings. The lowest BCUT2D eigenvalue weighted by Gasteiger charge is -2.11. The molecular weight excluding hydrogens is 509 g/mol. The number of aromatic nitrogens is 2. The van der Waals surface area contributed by atoms with Crippen LogP contribution in [0.3, 0.4) is 0 Å². The van der Waals surface area contributed by atoms with Crippen molar-refractivity contribution >= 4 is 49.2 Å². The van der Waals surface area contributed by atoms with Gasteiger partial charge in [0.15, 0.2) is 0 Å². The fourth-order valence-corrected chi connectivity index (χ4v) is 4.99. The Labute approximate surface area is 195 Å². The molecule has 0 bridgehead atoms. The minimum absolute atomic E-state index is 0.103. The molecule has 9 heteroatoms. The monoisotopic (exact) mass is 529 g/mol. The van der Waals surface area contributed by atoms with Crippen molar-refractivity contribution in [1.82, 2.24) is 14.5 Å². The van der Waals surface area contributed by atoms with Crippen molar-refractivity contribution in [3.8, 4) is 16.9 Å². The molecule has 160 valence electrons. The van der Waals surface area contributed by atoms with Gasteiger partial charge in [0.1, 0.15) is 0 Å². The molecule has 1 aromatic heterocycles. The highest BCUT2D eigenvalue weighted by molar-refractivity contribution is 9.10. The number of hydrogen-bond donors (Lipinski definition) is 1. The second kappa shape index (κ2) is 9.83. The summed E-state index contributed by atoms with van der Waals surface area (Å²) in [5.74, 6) is 0.103. The van der Waals surface area contributed by atoms with E-state index in [0.29, 0.717) is 27.8 Å². The van der Waals surface area contributed by atoms with E-state index in [9.17, 15) is 8.42 Å². The van der Waals surface area contributed by atoms with Gasteiger partial charge in [-0.25, -0.2) is 17.8 Å². The topological polar surface area (TPSA) is 64.0 Å². The number of halogens is 3. The van der Waals surface area contributed by atoms with Gasteiger partial charge in [-0.3, -0.25) is 0 Å². The summed E-state index contributed by atoms with van der Waals surface area (Å²) in [6, 6.07) is 13.1. The average Bonchev–Trinajstić information content (AvgIpc) is 3.02. The van der Waals surface area contributed by atoms with E-state index in [1.54, 1.807) is 22.9 Å². The minimum atomic E-state index is -3.36. The SMILES string of the molecule is CCCCS(=O)(=O)NCc1nn(-c2ccc(Cl)cc2Cl)c(-c2ccc(Br)cc2)c1C. The van der Waals surface area contributed by atoms with Crippen LogP contribution in [0.5, 0.6) is 0 Å². The van der Waals surface area contributed by atoms with Gasteiger partial charge in [-0.2, -0.15) is 5.10 Å². The van der Waals surface area contributed by atoms with E-state index in [-0.39, 0.29) is 12.3 Å². The van der Waals surface area contributed by atoms with Gasteiger partial charge in [0, 0.05) is 20.6 Å². The molecule has 1 heterocycles. The number of benzene rings is 2. The van der Waals surface area contributed by atoms with Crippen LogP contribution in [0.15, 0.2) is 46.9 Å². The molecule has 0 atom stereocenters. The van der Waals surface area contributed by atoms with Gasteiger partial charge in [0.05, 0.1) is 34.4 Å². The first kappa shape index (κ1) is 23.3. The molecule has 0 saturated carbocycles. The Hall–Kier alpha value is -1.38. The fourth-order valence-electron chi connectivity index (χ4n) is 3.07. The lowest BCUT2D eigenvalue weighted by Crippen LogP contribution is -2.26. The molecule has 0 fully saturated rings. The third kappa shape index (κ3) is 5.45. The highest BCUT2D eigenvalue weighted by atomic mass is 79.9. The molecule has 5 nitrogen and oxygen atoms in total. The summed E-state index contributed by atoms with van der Waals surface area (Å²) in [5, 5.41) is 5.69. The third-order valence-electron chi connectivity index (χ3n) is 4.70. The van der Waals surface area contributed by atoms with E-state index in [1.165, 1.54) is 0 Å². The molecule has 0 aliphatic heterocycles. The Morgan fingerprint density at radius 1 is 1.13 bits per heavy atom. The summed E-state index contributed by atoms with van der Waals surface area (Å²) in [7, 11) is -3.36. The first-order valence-electron chi connectivity index (χ1n) is 9.49. The maximum Gasteiger partial charge on any atom is 0.211 e. The Morgan fingerprint density at radius 3 is 2.47 bits per heavy atom. The Morgan fingerprint density at radius 2 is 1.83 bits per heavy atom. The van der Waals surface area contributed by atoms with Gasteiger partial charge in [0.2, 0.25) is 10.0 Å². The number of unbranched alkanes of at least 4 members (excludes halogenated alkanes) is 1. The van der Waals surface area contributed by atoms with Crippen molar-refractivity contribution < 1.29 is 8.42 Å². The molecule has 30 heavy (non-hydrogen) atoms. The van der Waals surface area contributed by atoms with Crippen LogP contribution in [0, 0.1) is 6.92 Å². The van der Waals surface area contributed by atoms with Crippen LogP contribution in [0.4, 0.5) is 0 Å². The van der Waals surface area contributed by atoms with Gasteiger partial charge in [-0.1, -0.05) is 64.6 Å². The minimum Gasteiger partial charge on any atom is -0.231 e. The summed E-state index contributed by atoms with van der Waals surface area (Å²) >= 11 is 16.0. The van der Waals surface area contributed by atoms with Crippen LogP contribution in [0.25, 0.3) is 16.9 Å². The number of nitrogens with one attached hydrogen (secondary N) is 1. The van der Waals surface area contributed by atoms with Crippen LogP contribution in [0.2, 0.25) is 10.0 Å². The summed E-state index contributed by atoms with van der Waals surface area (Å²) in [6.45, 7) is 4.00. The van der Waals surface area contributed by atoms with Gasteiger partial charge in [0.25, 0.3) is 0 Å². The standard InChI is InChI=1S/C21H22BrCl2N3O2S/c1-3-4-11-30(28,29)25-13-19-14(2)21(15-5-7-16(22)8-6-15)27(26-19)20-10-9-17(23)12-18(20)24/h5-10,12,25H,3-4,11,13H2,1-2H3. The molecular formula is C21H22BrCl2N3O2S. The van der Waals surface area contributed by atoms with Crippen molar-refractivity contribution in [2.75, 3.05) is 5.75 Å². The van der Waals surface area contributed by atoms with E-state index >= 15 is 0 Å². The molecule has 0 saturated heterocycles. The molecule has 3 rings (SSSR count). The third-order valence-corrected chi connectivity index (χ3v) is 7.18. The average molecular weight is 531 g/mol. The van der Waals surface area contributed by atoms with Crippen molar-refractivity contribution in [2.45, 2.75) is 33.2 Å². The largest absolute Gasteiger partial charge is 0.231 e. The van der Waals surface area contributed by atoms with E-state index in [4.69, 9.17) is 28.3 Å². The molecule has 0 amide bonds. The number of sulfonamides is 1. The van der Waals surface area contributed by atoms with E-state index in [1.807, 2.05) is 38.1 Å². The molecule has 2 aromatic carbocycles. The molecule has 0 unspecified atom stereocenters. The first-order chi connectivity index (χ1) is 14.2. The summed E-state index contributed by atoms with van der Waals surface area (Å²) in [6.07, 6.45) is 1.44. The summed E-state index contributed by atoms with van der Waals surface area (Å²) < 4.78 is 29.9. The molecule has 1 N–H and O–H groups in total. The van der Waals surface area contributed by atoms with Crippen LogP contribution >= 0.6 is 39.1 Å². The smallest absolute Gasteiger partial charge is 0.211 e. The van der Waals surface area contributed by atoms with Crippen LogP contribution in [0.1, 0.15) is 31.0 Å². The van der Waals surface area contributed by atoms with Crippen LogP contribution in [-0.2, 0) is 16.6 Å². The normalized spacial score (nSPS) is 11.8. The maximum absolute atomic E-state index is 12.2. The molecule has 0 radical (unpaired) electrons. The summed E-state index contributed by atoms with van der Waals surface area (Å²) in [4.78, 5) is 0. The molecule has 0 aliphatic carbocycles. The second-order valence-corrected chi connectivity index (χ2v) is 10.6. The number of rotatable bonds is 8. The fraction of sp³-hybridized carbons (Fsp3) is 0.286. The number of nitrogens with zero attached hydrogens (tertiary/aromatic N) is 2. The van der Waals surface area contributed by atoms with Crippen LogP contribution < -0.4 is 4.72 Å². The zero-order valence-corrected chi connectivity index (χ0v) is 20.5. The zero-order valence-electron chi connectivity index (χ0n) is 16.6. The van der Waals surface area contributed by atoms with Crippen molar-refractivity contribution in [2.24, 2.45) is 0 Å². The quantitative estimate of drug-likeness (QED) is 0.380. The van der Waals surface area contributed by atoms with Gasteiger partial charge in [-0.05, 0) is 43.7 Å². The number of hydrogen-bond acceptors (Lipinski definition) is 3. The predicted octanol–water partition coefficient (Wildman–Crippen LogP) is 6.14. The highest BCUT2D eigenvalue weighted by Crippen LogP contribution is 2.33. The van der Waals surface area contributed by atoms with Crippen LogP contribution in [-0.4, -0.2) is 24.0 Å². The van der Waals surface area contributed by atoms with E-state index in [0.717, 1.165) is 27.7 Å². The van der Waals surface area contributed by atoms with E-state index in [2.05, 4.69) is 20.7 Å². The lowest BCUT2D eigenvalue weighted by molar-refractivity contribution is 0.576. The summed E-state index contributed by atoms with van der Waals surface area (Å²) in [5.41, 5.74) is 3.96. The van der Waals surface area contributed by atoms with Crippen molar-refractivity contribution in [1.29, 1.82) is 0 Å². The van der Waals surface area contributed by atoms with Gasteiger partial charge < -0.3 is 0 Å². The molecule has 0 spiro atoms. The van der Waals surface area contributed by atoms with Gasteiger partial charge in [-0.15, -0.1) is 0 Å². The maximum atomic E-state index is 12.2. The zero-order chi connectivity index (χ0) is 21.9. The van der Waals surface area contributed by atoms with Crippen molar-refractivity contribution in [3.05, 3.63) is 68.2 Å². The Kier molecular flexibility index (Phi) is 7.63. The second-order valence-electron chi connectivity index (χ2n) is 6.93. The van der Waals surface area contributed by atoms with E-state index < -0.39 is 10.0 Å². The highest BCUT2D eigenvalue weighted by Gasteiger charge is 2.20. The first-order valence-corrected chi connectivity index (χ1v) is 12.7. The lowest BCUT2D eigenvalue weighted by atomic mass is 10.1. The van der Waals surface area contributed by atoms with Crippen molar-refractivity contribution in [3.63, 3.8) is 0 Å². The van der Waals surface area contributed by atoms with Gasteiger partial charge >= 0.3 is 0 Å². The predicted molar refractivity (Wildman–Crippen MR) is 127 cm³/mol. The molecule has 0 aliphatic rings.